The van der Waals surface area contributed by atoms with Crippen LogP contribution >= 0.6 is 0 Å². The maximum Gasteiger partial charge on any atom is 0.407 e. The molecule has 7 rings (SSSR count). The second-order valence-corrected chi connectivity index (χ2v) is 10.6. The molecule has 4 aliphatic carbocycles. The van der Waals surface area contributed by atoms with Crippen molar-refractivity contribution in [3.63, 3.8) is 0 Å². The first-order chi connectivity index (χ1) is 17.0. The molecular weight excluding hydrogens is 438 g/mol. The summed E-state index contributed by atoms with van der Waals surface area (Å²) < 4.78 is 5.62. The SMILES string of the molecule is O=C(NC(C(=O)O)C12CC(CCc3ccccc3)(C1)C2)OCC1c2ccccc2-c2ccccc21. The summed E-state index contributed by atoms with van der Waals surface area (Å²) in [5.41, 5.74) is 5.80. The number of carboxylic acids is 1. The van der Waals surface area contributed by atoms with Crippen LogP contribution in [-0.4, -0.2) is 29.8 Å². The van der Waals surface area contributed by atoms with Crippen LogP contribution in [0.1, 0.15) is 48.3 Å². The molecule has 35 heavy (non-hydrogen) atoms. The van der Waals surface area contributed by atoms with Crippen LogP contribution < -0.4 is 5.32 Å². The highest BCUT2D eigenvalue weighted by atomic mass is 16.5. The summed E-state index contributed by atoms with van der Waals surface area (Å²) in [5.74, 6) is -1.03. The van der Waals surface area contributed by atoms with Crippen LogP contribution in [0.3, 0.4) is 0 Å². The van der Waals surface area contributed by atoms with Crippen molar-refractivity contribution in [2.24, 2.45) is 10.8 Å². The number of carbonyl (C=O) groups excluding carboxylic acids is 1. The van der Waals surface area contributed by atoms with E-state index in [1.54, 1.807) is 0 Å². The largest absolute Gasteiger partial charge is 0.480 e. The van der Waals surface area contributed by atoms with Gasteiger partial charge in [0.15, 0.2) is 0 Å². The Balaban J connectivity index is 1.07. The fourth-order valence-electron chi connectivity index (χ4n) is 6.95. The number of alkyl carbamates (subject to hydrolysis) is 1. The van der Waals surface area contributed by atoms with E-state index in [1.807, 2.05) is 30.3 Å². The summed E-state index contributed by atoms with van der Waals surface area (Å²) in [6.45, 7) is 0.181. The van der Waals surface area contributed by atoms with Crippen LogP contribution in [-0.2, 0) is 16.0 Å². The van der Waals surface area contributed by atoms with Gasteiger partial charge in [-0.05, 0) is 65.3 Å². The number of amides is 1. The minimum absolute atomic E-state index is 0.0485. The average molecular weight is 468 g/mol. The Morgan fingerprint density at radius 2 is 1.46 bits per heavy atom. The number of rotatable bonds is 8. The number of nitrogens with one attached hydrogen (secondary N) is 1. The zero-order chi connectivity index (χ0) is 24.0. The number of aryl methyl sites for hydroxylation is 1. The Labute approximate surface area is 205 Å². The summed E-state index contributed by atoms with van der Waals surface area (Å²) >= 11 is 0. The molecular formula is C30H29NO4. The lowest BCUT2D eigenvalue weighted by atomic mass is 9.32. The standard InChI is InChI=1S/C30H29NO4/c32-27(33)26(30-17-29(18-30,19-30)15-14-20-8-2-1-3-9-20)31-28(34)35-16-25-23-12-6-4-10-21(23)22-11-5-7-13-24(22)25/h1-13,25-26H,14-19H2,(H,31,34)(H,32,33). The van der Waals surface area contributed by atoms with E-state index in [0.29, 0.717) is 0 Å². The van der Waals surface area contributed by atoms with Gasteiger partial charge in [-0.3, -0.25) is 0 Å². The van der Waals surface area contributed by atoms with Gasteiger partial charge < -0.3 is 15.2 Å². The summed E-state index contributed by atoms with van der Waals surface area (Å²) in [6.07, 6.45) is 3.99. The Bertz CT molecular complexity index is 1220. The Hall–Kier alpha value is -3.60. The van der Waals surface area contributed by atoms with Crippen molar-refractivity contribution in [2.75, 3.05) is 6.61 Å². The van der Waals surface area contributed by atoms with Crippen molar-refractivity contribution in [1.29, 1.82) is 0 Å². The average Bonchev–Trinajstić information content (AvgIpc) is 3.14. The van der Waals surface area contributed by atoms with Gasteiger partial charge in [0.25, 0.3) is 0 Å². The summed E-state index contributed by atoms with van der Waals surface area (Å²) in [6, 6.07) is 25.8. The Morgan fingerprint density at radius 1 is 0.886 bits per heavy atom. The van der Waals surface area contributed by atoms with Gasteiger partial charge in [0.1, 0.15) is 12.6 Å². The summed E-state index contributed by atoms with van der Waals surface area (Å²) in [4.78, 5) is 24.8. The Morgan fingerprint density at radius 3 is 2.06 bits per heavy atom. The van der Waals surface area contributed by atoms with Gasteiger partial charge in [-0.2, -0.15) is 0 Å². The van der Waals surface area contributed by atoms with Crippen molar-refractivity contribution in [3.8, 4) is 11.1 Å². The third-order valence-corrected chi connectivity index (χ3v) is 8.43. The molecule has 1 unspecified atom stereocenters. The highest BCUT2D eigenvalue weighted by Crippen LogP contribution is 2.76. The first kappa shape index (κ1) is 21.9. The molecule has 0 aliphatic heterocycles. The molecule has 5 heteroatoms. The number of fused-ring (bicyclic) bond motifs is 3. The molecule has 0 heterocycles. The first-order valence-corrected chi connectivity index (χ1v) is 12.4. The Kier molecular flexibility index (Phi) is 5.17. The molecule has 1 atom stereocenters. The third kappa shape index (κ3) is 3.70. The smallest absolute Gasteiger partial charge is 0.407 e. The van der Waals surface area contributed by atoms with Gasteiger partial charge in [-0.15, -0.1) is 0 Å². The second kappa shape index (κ2) is 8.26. The highest BCUT2D eigenvalue weighted by molar-refractivity contribution is 5.82. The molecule has 3 fully saturated rings. The minimum Gasteiger partial charge on any atom is -0.480 e. The maximum atomic E-state index is 12.7. The van der Waals surface area contributed by atoms with Crippen molar-refractivity contribution >= 4 is 12.1 Å². The van der Waals surface area contributed by atoms with E-state index in [1.165, 1.54) is 5.56 Å². The predicted octanol–water partition coefficient (Wildman–Crippen LogP) is 5.78. The second-order valence-electron chi connectivity index (χ2n) is 10.6. The molecule has 1 amide bonds. The van der Waals surface area contributed by atoms with Crippen LogP contribution in [0.4, 0.5) is 4.79 Å². The van der Waals surface area contributed by atoms with E-state index < -0.39 is 18.1 Å². The molecule has 3 aromatic rings. The van der Waals surface area contributed by atoms with Crippen LogP contribution in [0, 0.1) is 10.8 Å². The number of hydrogen-bond acceptors (Lipinski definition) is 3. The van der Waals surface area contributed by atoms with Gasteiger partial charge in [0.2, 0.25) is 0 Å². The topological polar surface area (TPSA) is 75.6 Å². The number of hydrogen-bond donors (Lipinski definition) is 2. The molecule has 0 saturated heterocycles. The molecule has 178 valence electrons. The third-order valence-electron chi connectivity index (χ3n) is 8.43. The van der Waals surface area contributed by atoms with E-state index in [2.05, 4.69) is 53.8 Å². The first-order valence-electron chi connectivity index (χ1n) is 12.4. The molecule has 3 aromatic carbocycles. The van der Waals surface area contributed by atoms with Crippen LogP contribution in [0.5, 0.6) is 0 Å². The van der Waals surface area contributed by atoms with E-state index in [0.717, 1.165) is 54.4 Å². The number of aliphatic carboxylic acids is 1. The summed E-state index contributed by atoms with van der Waals surface area (Å²) in [5, 5.41) is 12.6. The molecule has 2 N–H and O–H groups in total. The molecule has 3 saturated carbocycles. The van der Waals surface area contributed by atoms with Crippen LogP contribution in [0.25, 0.3) is 11.1 Å². The lowest BCUT2D eigenvalue weighted by Crippen LogP contribution is -2.71. The lowest BCUT2D eigenvalue weighted by Gasteiger charge is -2.72. The molecule has 0 aromatic heterocycles. The van der Waals surface area contributed by atoms with Crippen molar-refractivity contribution in [2.45, 2.75) is 44.1 Å². The zero-order valence-electron chi connectivity index (χ0n) is 19.6. The van der Waals surface area contributed by atoms with Gasteiger partial charge in [0.05, 0.1) is 0 Å². The van der Waals surface area contributed by atoms with Gasteiger partial charge in [-0.25, -0.2) is 9.59 Å². The lowest BCUT2D eigenvalue weighted by molar-refractivity contribution is -0.227. The van der Waals surface area contributed by atoms with Crippen LogP contribution in [0.2, 0.25) is 0 Å². The van der Waals surface area contributed by atoms with Crippen molar-refractivity contribution in [3.05, 3.63) is 95.6 Å². The zero-order valence-corrected chi connectivity index (χ0v) is 19.6. The minimum atomic E-state index is -0.977. The number of carboxylic acid groups (broad SMARTS) is 1. The summed E-state index contributed by atoms with van der Waals surface area (Å²) in [7, 11) is 0. The molecule has 5 nitrogen and oxygen atoms in total. The highest BCUT2D eigenvalue weighted by Gasteiger charge is 2.71. The van der Waals surface area contributed by atoms with Gasteiger partial charge in [0, 0.05) is 11.3 Å². The van der Waals surface area contributed by atoms with Crippen LogP contribution in [0.15, 0.2) is 78.9 Å². The van der Waals surface area contributed by atoms with E-state index in [9.17, 15) is 14.7 Å². The number of carbonyl (C=O) groups is 2. The fraction of sp³-hybridized carbons (Fsp3) is 0.333. The molecule has 4 aliphatic rings. The van der Waals surface area contributed by atoms with E-state index >= 15 is 0 Å². The normalized spacial score (nSPS) is 24.3. The monoisotopic (exact) mass is 467 g/mol. The number of ether oxygens (including phenoxy) is 1. The van der Waals surface area contributed by atoms with Gasteiger partial charge in [-0.1, -0.05) is 78.9 Å². The molecule has 0 spiro atoms. The molecule has 2 bridgehead atoms. The van der Waals surface area contributed by atoms with E-state index in [-0.39, 0.29) is 23.4 Å². The van der Waals surface area contributed by atoms with Crippen molar-refractivity contribution in [1.82, 2.24) is 5.32 Å². The molecule has 0 radical (unpaired) electrons. The fourth-order valence-corrected chi connectivity index (χ4v) is 6.95. The maximum absolute atomic E-state index is 12.7. The predicted molar refractivity (Wildman–Crippen MR) is 133 cm³/mol. The van der Waals surface area contributed by atoms with E-state index in [4.69, 9.17) is 4.74 Å². The van der Waals surface area contributed by atoms with Crippen molar-refractivity contribution < 1.29 is 19.4 Å². The number of benzene rings is 3. The quantitative estimate of drug-likeness (QED) is 0.440. The van der Waals surface area contributed by atoms with Gasteiger partial charge >= 0.3 is 12.1 Å².